The van der Waals surface area contributed by atoms with Crippen molar-refractivity contribution in [3.63, 3.8) is 0 Å². The molecule has 0 atom stereocenters. The Labute approximate surface area is 202 Å². The van der Waals surface area contributed by atoms with Gasteiger partial charge in [-0.25, -0.2) is 0 Å². The van der Waals surface area contributed by atoms with Crippen LogP contribution in [0.5, 0.6) is 5.75 Å². The van der Waals surface area contributed by atoms with E-state index in [1.807, 2.05) is 18.2 Å². The van der Waals surface area contributed by atoms with Crippen LogP contribution < -0.4 is 14.5 Å². The molecule has 4 nitrogen and oxygen atoms in total. The zero-order valence-corrected chi connectivity index (χ0v) is 20.1. The van der Waals surface area contributed by atoms with Gasteiger partial charge < -0.3 is 19.4 Å². The number of anilines is 3. The Kier molecular flexibility index (Phi) is 6.75. The van der Waals surface area contributed by atoms with Crippen LogP contribution in [-0.2, 0) is 13.0 Å². The standard InChI is InChI=1S/C28H32ClN3O/c1-30(17-14-22-8-12-25(13-9-22)31-15-4-5-16-31)18-19-32-26-6-2-3-7-28(26)33-21-23-10-11-24(29)20-27(23)32/h2-3,6-13,20H,4-5,14-19,21H2,1H3. The molecule has 0 radical (unpaired) electrons. The lowest BCUT2D eigenvalue weighted by Crippen LogP contribution is -2.32. The average Bonchev–Trinajstić information content (AvgIpc) is 3.33. The number of halogens is 1. The van der Waals surface area contributed by atoms with Gasteiger partial charge in [0.2, 0.25) is 0 Å². The largest absolute Gasteiger partial charge is 0.487 e. The Balaban J connectivity index is 1.23. The molecule has 33 heavy (non-hydrogen) atoms. The molecule has 0 amide bonds. The van der Waals surface area contributed by atoms with Crippen molar-refractivity contribution in [1.29, 1.82) is 0 Å². The SMILES string of the molecule is CN(CCc1ccc(N2CCCC2)cc1)CCN1c2cc(Cl)ccc2COc2ccccc21. The Bertz CT molecular complexity index is 1080. The van der Waals surface area contributed by atoms with Gasteiger partial charge in [0.1, 0.15) is 12.4 Å². The minimum Gasteiger partial charge on any atom is -0.487 e. The van der Waals surface area contributed by atoms with Crippen LogP contribution in [0.2, 0.25) is 5.02 Å². The lowest BCUT2D eigenvalue weighted by atomic mass is 10.1. The van der Waals surface area contributed by atoms with Crippen molar-refractivity contribution < 1.29 is 4.74 Å². The second-order valence-electron chi connectivity index (χ2n) is 9.09. The molecule has 1 fully saturated rings. The molecule has 5 rings (SSSR count). The molecular formula is C28H32ClN3O. The van der Waals surface area contributed by atoms with E-state index >= 15 is 0 Å². The first-order valence-electron chi connectivity index (χ1n) is 12.0. The summed E-state index contributed by atoms with van der Waals surface area (Å²) >= 11 is 6.37. The van der Waals surface area contributed by atoms with E-state index in [1.165, 1.54) is 37.2 Å². The first kappa shape index (κ1) is 22.1. The predicted molar refractivity (Wildman–Crippen MR) is 138 cm³/mol. The molecule has 3 aromatic rings. The third-order valence-corrected chi connectivity index (χ3v) is 7.01. The fourth-order valence-corrected chi connectivity index (χ4v) is 4.96. The van der Waals surface area contributed by atoms with E-state index in [4.69, 9.17) is 16.3 Å². The van der Waals surface area contributed by atoms with Crippen LogP contribution in [0.15, 0.2) is 66.7 Å². The number of para-hydroxylation sites is 2. The molecule has 2 aliphatic heterocycles. The van der Waals surface area contributed by atoms with Crippen LogP contribution in [0.4, 0.5) is 17.1 Å². The van der Waals surface area contributed by atoms with E-state index < -0.39 is 0 Å². The first-order valence-corrected chi connectivity index (χ1v) is 12.4. The number of ether oxygens (including phenoxy) is 1. The zero-order chi connectivity index (χ0) is 22.6. The summed E-state index contributed by atoms with van der Waals surface area (Å²) in [6.45, 7) is 5.80. The van der Waals surface area contributed by atoms with Crippen LogP contribution in [0.25, 0.3) is 0 Å². The molecule has 1 saturated heterocycles. The normalized spacial score (nSPS) is 15.2. The zero-order valence-electron chi connectivity index (χ0n) is 19.3. The maximum atomic E-state index is 6.37. The molecule has 172 valence electrons. The lowest BCUT2D eigenvalue weighted by Gasteiger charge is -2.28. The Morgan fingerprint density at radius 2 is 1.70 bits per heavy atom. The van der Waals surface area contributed by atoms with Crippen molar-refractivity contribution in [1.82, 2.24) is 4.90 Å². The van der Waals surface area contributed by atoms with E-state index in [-0.39, 0.29) is 0 Å². The smallest absolute Gasteiger partial charge is 0.143 e. The molecule has 0 aliphatic carbocycles. The van der Waals surface area contributed by atoms with E-state index in [2.05, 4.69) is 70.3 Å². The molecule has 5 heteroatoms. The van der Waals surface area contributed by atoms with Crippen LogP contribution >= 0.6 is 11.6 Å². The number of hydrogen-bond donors (Lipinski definition) is 0. The number of fused-ring (bicyclic) bond motifs is 2. The number of rotatable bonds is 7. The summed E-state index contributed by atoms with van der Waals surface area (Å²) in [5.41, 5.74) is 6.17. The fourth-order valence-electron chi connectivity index (χ4n) is 4.79. The van der Waals surface area contributed by atoms with Crippen molar-refractivity contribution in [2.45, 2.75) is 25.9 Å². The van der Waals surface area contributed by atoms with Crippen molar-refractivity contribution in [2.75, 3.05) is 49.6 Å². The van der Waals surface area contributed by atoms with Gasteiger partial charge in [0.15, 0.2) is 0 Å². The highest BCUT2D eigenvalue weighted by molar-refractivity contribution is 6.30. The average molecular weight is 462 g/mol. The highest BCUT2D eigenvalue weighted by Crippen LogP contribution is 2.40. The molecule has 0 bridgehead atoms. The van der Waals surface area contributed by atoms with Crippen molar-refractivity contribution in [3.8, 4) is 5.75 Å². The summed E-state index contributed by atoms with van der Waals surface area (Å²) in [6.07, 6.45) is 3.69. The van der Waals surface area contributed by atoms with Gasteiger partial charge in [-0.2, -0.15) is 0 Å². The summed E-state index contributed by atoms with van der Waals surface area (Å²) in [5.74, 6) is 0.922. The van der Waals surface area contributed by atoms with Gasteiger partial charge in [0.25, 0.3) is 0 Å². The van der Waals surface area contributed by atoms with Crippen LogP contribution in [0.1, 0.15) is 24.0 Å². The molecular weight excluding hydrogens is 430 g/mol. The molecule has 2 heterocycles. The van der Waals surface area contributed by atoms with Crippen molar-refractivity contribution in [3.05, 3.63) is 82.9 Å². The van der Waals surface area contributed by atoms with Gasteiger partial charge >= 0.3 is 0 Å². The van der Waals surface area contributed by atoms with Gasteiger partial charge in [-0.15, -0.1) is 0 Å². The second-order valence-corrected chi connectivity index (χ2v) is 9.53. The topological polar surface area (TPSA) is 19.0 Å². The van der Waals surface area contributed by atoms with Crippen LogP contribution in [0.3, 0.4) is 0 Å². The number of nitrogens with zero attached hydrogens (tertiary/aromatic N) is 3. The minimum atomic E-state index is 0.559. The number of likely N-dealkylation sites (N-methyl/N-ethyl adjacent to an activating group) is 1. The second kappa shape index (κ2) is 10.1. The maximum Gasteiger partial charge on any atom is 0.143 e. The van der Waals surface area contributed by atoms with Crippen LogP contribution in [0, 0.1) is 0 Å². The third-order valence-electron chi connectivity index (χ3n) is 6.77. The summed E-state index contributed by atoms with van der Waals surface area (Å²) < 4.78 is 6.10. The monoisotopic (exact) mass is 461 g/mol. The Hall–Kier alpha value is -2.69. The van der Waals surface area contributed by atoms with Gasteiger partial charge in [-0.1, -0.05) is 41.9 Å². The van der Waals surface area contributed by atoms with E-state index in [0.29, 0.717) is 6.61 Å². The molecule has 0 saturated carbocycles. The van der Waals surface area contributed by atoms with Crippen molar-refractivity contribution in [2.24, 2.45) is 0 Å². The van der Waals surface area contributed by atoms with Gasteiger partial charge in [0, 0.05) is 54.7 Å². The Morgan fingerprint density at radius 1 is 0.909 bits per heavy atom. The highest BCUT2D eigenvalue weighted by atomic mass is 35.5. The van der Waals surface area contributed by atoms with E-state index in [1.54, 1.807) is 0 Å². The molecule has 2 aliphatic rings. The maximum absolute atomic E-state index is 6.37. The van der Waals surface area contributed by atoms with Gasteiger partial charge in [-0.3, -0.25) is 0 Å². The van der Waals surface area contributed by atoms with Crippen molar-refractivity contribution >= 4 is 28.7 Å². The quantitative estimate of drug-likeness (QED) is 0.420. The first-order chi connectivity index (χ1) is 16.2. The van der Waals surface area contributed by atoms with Crippen LogP contribution in [-0.4, -0.2) is 44.7 Å². The lowest BCUT2D eigenvalue weighted by molar-refractivity contribution is 0.310. The van der Waals surface area contributed by atoms with E-state index in [9.17, 15) is 0 Å². The highest BCUT2D eigenvalue weighted by Gasteiger charge is 2.22. The Morgan fingerprint density at radius 3 is 2.52 bits per heavy atom. The molecule has 0 N–H and O–H groups in total. The third kappa shape index (κ3) is 5.13. The molecule has 3 aromatic carbocycles. The summed E-state index contributed by atoms with van der Waals surface area (Å²) in [6, 6.07) is 23.5. The van der Waals surface area contributed by atoms with E-state index in [0.717, 1.165) is 53.8 Å². The number of benzene rings is 3. The predicted octanol–water partition coefficient (Wildman–Crippen LogP) is 6.15. The number of hydrogen-bond acceptors (Lipinski definition) is 4. The fraction of sp³-hybridized carbons (Fsp3) is 0.357. The van der Waals surface area contributed by atoms with Gasteiger partial charge in [0.05, 0.1) is 5.69 Å². The summed E-state index contributed by atoms with van der Waals surface area (Å²) in [7, 11) is 2.21. The minimum absolute atomic E-state index is 0.559. The van der Waals surface area contributed by atoms with Gasteiger partial charge in [-0.05, 0) is 68.3 Å². The molecule has 0 spiro atoms. The summed E-state index contributed by atoms with van der Waals surface area (Å²) in [5, 5.41) is 0.754. The molecule has 0 aromatic heterocycles. The molecule has 0 unspecified atom stereocenters. The summed E-state index contributed by atoms with van der Waals surface area (Å²) in [4.78, 5) is 7.25.